The molecule has 5 rings (SSSR count). The number of amides is 1. The molecule has 1 aliphatic rings. The second kappa shape index (κ2) is 8.35. The number of fused-ring (bicyclic) bond motifs is 1. The Morgan fingerprint density at radius 3 is 2.53 bits per heavy atom. The van der Waals surface area contributed by atoms with Crippen LogP contribution in [0.3, 0.4) is 0 Å². The van der Waals surface area contributed by atoms with E-state index in [4.69, 9.17) is 20.8 Å². The van der Waals surface area contributed by atoms with Crippen LogP contribution in [0.5, 0.6) is 5.75 Å². The van der Waals surface area contributed by atoms with Crippen molar-refractivity contribution in [2.75, 3.05) is 12.0 Å². The topological polar surface area (TPSA) is 80.0 Å². The monoisotopic (exact) mass is 477 g/mol. The molecule has 0 radical (unpaired) electrons. The largest absolute Gasteiger partial charge is 0.503 e. The number of ketones is 1. The average Bonchev–Trinajstić information content (AvgIpc) is 3.38. The average molecular weight is 478 g/mol. The summed E-state index contributed by atoms with van der Waals surface area (Å²) < 4.78 is 25.8. The fourth-order valence-electron chi connectivity index (χ4n) is 4.13. The van der Waals surface area contributed by atoms with Crippen LogP contribution in [0.2, 0.25) is 5.02 Å². The highest BCUT2D eigenvalue weighted by atomic mass is 35.5. The first kappa shape index (κ1) is 21.7. The molecule has 6 nitrogen and oxygen atoms in total. The molecule has 0 saturated heterocycles. The predicted octanol–water partition coefficient (Wildman–Crippen LogP) is 6.02. The first-order valence-electron chi connectivity index (χ1n) is 10.3. The van der Waals surface area contributed by atoms with Crippen LogP contribution in [0.25, 0.3) is 11.0 Å². The minimum Gasteiger partial charge on any atom is -0.503 e. The number of para-hydroxylation sites is 1. The van der Waals surface area contributed by atoms with Crippen LogP contribution in [0, 0.1) is 5.82 Å². The molecule has 1 amide bonds. The summed E-state index contributed by atoms with van der Waals surface area (Å²) in [5.41, 5.74) is 0.465. The minimum absolute atomic E-state index is 0.0336. The Morgan fingerprint density at radius 1 is 1.09 bits per heavy atom. The zero-order chi connectivity index (χ0) is 24.0. The molecule has 0 aliphatic carbocycles. The summed E-state index contributed by atoms with van der Waals surface area (Å²) in [6, 6.07) is 17.6. The van der Waals surface area contributed by atoms with Crippen LogP contribution < -0.4 is 9.64 Å². The molecule has 2 heterocycles. The van der Waals surface area contributed by atoms with Gasteiger partial charge >= 0.3 is 0 Å². The lowest BCUT2D eigenvalue weighted by Crippen LogP contribution is -2.31. The smallest absolute Gasteiger partial charge is 0.294 e. The summed E-state index contributed by atoms with van der Waals surface area (Å²) >= 11 is 6.26. The van der Waals surface area contributed by atoms with Crippen LogP contribution in [0.1, 0.15) is 22.2 Å². The molecule has 1 unspecified atom stereocenters. The molecule has 170 valence electrons. The Balaban J connectivity index is 1.68. The van der Waals surface area contributed by atoms with Gasteiger partial charge in [-0.1, -0.05) is 48.0 Å². The van der Waals surface area contributed by atoms with Gasteiger partial charge in [-0.05, 0) is 36.4 Å². The number of hydrogen-bond donors (Lipinski definition) is 1. The van der Waals surface area contributed by atoms with Gasteiger partial charge in [-0.25, -0.2) is 4.39 Å². The van der Waals surface area contributed by atoms with Crippen molar-refractivity contribution < 1.29 is 28.2 Å². The van der Waals surface area contributed by atoms with E-state index in [-0.39, 0.29) is 27.6 Å². The van der Waals surface area contributed by atoms with Crippen LogP contribution in [0.4, 0.5) is 10.1 Å². The number of carbonyl (C=O) groups is 2. The predicted molar refractivity (Wildman–Crippen MR) is 125 cm³/mol. The molecule has 34 heavy (non-hydrogen) atoms. The van der Waals surface area contributed by atoms with Crippen molar-refractivity contribution in [1.29, 1.82) is 0 Å². The standard InChI is InChI=1S/C26H17ClFNO5/c1-33-20-11-10-15(13-17(20)27)29-23(16-7-3-4-8-18(16)28)22(25(31)26(29)32)24(30)21-12-14-6-2-5-9-19(14)34-21/h2-13,23,31H,1H3. The van der Waals surface area contributed by atoms with Crippen molar-refractivity contribution in [2.24, 2.45) is 0 Å². The Hall–Kier alpha value is -4.10. The van der Waals surface area contributed by atoms with Gasteiger partial charge in [0.15, 0.2) is 11.5 Å². The van der Waals surface area contributed by atoms with E-state index in [9.17, 15) is 19.1 Å². The Morgan fingerprint density at radius 2 is 1.82 bits per heavy atom. The number of rotatable bonds is 5. The zero-order valence-electron chi connectivity index (χ0n) is 17.8. The molecular weight excluding hydrogens is 461 g/mol. The lowest BCUT2D eigenvalue weighted by molar-refractivity contribution is -0.117. The highest BCUT2D eigenvalue weighted by molar-refractivity contribution is 6.32. The summed E-state index contributed by atoms with van der Waals surface area (Å²) in [7, 11) is 1.45. The molecule has 4 aromatic rings. The third kappa shape index (κ3) is 3.41. The lowest BCUT2D eigenvalue weighted by Gasteiger charge is -2.27. The number of anilines is 1. The van der Waals surface area contributed by atoms with Gasteiger partial charge in [0.2, 0.25) is 5.78 Å². The van der Waals surface area contributed by atoms with Gasteiger partial charge in [-0.2, -0.15) is 0 Å². The van der Waals surface area contributed by atoms with Gasteiger partial charge in [0.1, 0.15) is 17.1 Å². The molecule has 0 fully saturated rings. The van der Waals surface area contributed by atoms with E-state index in [1.807, 2.05) is 0 Å². The van der Waals surface area contributed by atoms with Crippen molar-refractivity contribution in [2.45, 2.75) is 6.04 Å². The van der Waals surface area contributed by atoms with E-state index in [0.717, 1.165) is 4.90 Å². The van der Waals surface area contributed by atoms with Crippen LogP contribution in [-0.4, -0.2) is 23.9 Å². The SMILES string of the molecule is COc1ccc(N2C(=O)C(O)=C(C(=O)c3cc4ccccc4o3)C2c2ccccc2F)cc1Cl. The molecule has 0 saturated carbocycles. The summed E-state index contributed by atoms with van der Waals surface area (Å²) in [6.07, 6.45) is 0. The van der Waals surface area contributed by atoms with E-state index in [0.29, 0.717) is 16.7 Å². The molecule has 0 spiro atoms. The molecule has 1 aromatic heterocycles. The second-order valence-electron chi connectivity index (χ2n) is 7.66. The summed E-state index contributed by atoms with van der Waals surface area (Å²) in [5, 5.41) is 11.7. The first-order valence-corrected chi connectivity index (χ1v) is 10.7. The van der Waals surface area contributed by atoms with E-state index in [2.05, 4.69) is 0 Å². The van der Waals surface area contributed by atoms with Crippen LogP contribution >= 0.6 is 11.6 Å². The molecular formula is C26H17ClFNO5. The number of methoxy groups -OCH3 is 1. The molecule has 1 N–H and O–H groups in total. The van der Waals surface area contributed by atoms with E-state index < -0.39 is 29.3 Å². The number of ether oxygens (including phenoxy) is 1. The first-order chi connectivity index (χ1) is 16.4. The van der Waals surface area contributed by atoms with Gasteiger partial charge in [0, 0.05) is 16.6 Å². The third-order valence-electron chi connectivity index (χ3n) is 5.72. The Bertz CT molecular complexity index is 1460. The highest BCUT2D eigenvalue weighted by Crippen LogP contribution is 2.44. The zero-order valence-corrected chi connectivity index (χ0v) is 18.5. The number of nitrogens with zero attached hydrogens (tertiary/aromatic N) is 1. The fourth-order valence-corrected chi connectivity index (χ4v) is 4.38. The van der Waals surface area contributed by atoms with Crippen LogP contribution in [-0.2, 0) is 4.79 Å². The maximum absolute atomic E-state index is 15.0. The summed E-state index contributed by atoms with van der Waals surface area (Å²) in [6.45, 7) is 0. The van der Waals surface area contributed by atoms with Gasteiger partial charge in [0.25, 0.3) is 5.91 Å². The molecule has 3 aromatic carbocycles. The molecule has 8 heteroatoms. The number of halogens is 2. The lowest BCUT2D eigenvalue weighted by atomic mass is 9.94. The van der Waals surface area contributed by atoms with Crippen molar-refractivity contribution in [3.05, 3.63) is 106 Å². The van der Waals surface area contributed by atoms with Gasteiger partial charge in [-0.15, -0.1) is 0 Å². The summed E-state index contributed by atoms with van der Waals surface area (Å²) in [4.78, 5) is 27.9. The van der Waals surface area contributed by atoms with Crippen molar-refractivity contribution in [1.82, 2.24) is 0 Å². The maximum atomic E-state index is 15.0. The van der Waals surface area contributed by atoms with Gasteiger partial charge in [0.05, 0.1) is 23.7 Å². The van der Waals surface area contributed by atoms with Crippen molar-refractivity contribution in [3.63, 3.8) is 0 Å². The molecule has 0 bridgehead atoms. The number of benzene rings is 3. The van der Waals surface area contributed by atoms with E-state index >= 15 is 0 Å². The van der Waals surface area contributed by atoms with Crippen molar-refractivity contribution >= 4 is 39.9 Å². The van der Waals surface area contributed by atoms with Gasteiger partial charge < -0.3 is 14.3 Å². The number of Topliss-reactive ketones (excluding diaryl/α,β-unsaturated/α-hetero) is 1. The van der Waals surface area contributed by atoms with Gasteiger partial charge in [-0.3, -0.25) is 14.5 Å². The number of hydrogen-bond acceptors (Lipinski definition) is 5. The quantitative estimate of drug-likeness (QED) is 0.356. The van der Waals surface area contributed by atoms with E-state index in [1.54, 1.807) is 42.5 Å². The number of aliphatic hydroxyl groups is 1. The molecule has 1 atom stereocenters. The van der Waals surface area contributed by atoms with E-state index in [1.165, 1.54) is 37.4 Å². The maximum Gasteiger partial charge on any atom is 0.294 e. The number of aliphatic hydroxyl groups excluding tert-OH is 1. The number of carbonyl (C=O) groups excluding carboxylic acids is 2. The normalized spacial score (nSPS) is 15.9. The molecule has 1 aliphatic heterocycles. The third-order valence-corrected chi connectivity index (χ3v) is 6.01. The summed E-state index contributed by atoms with van der Waals surface area (Å²) in [5.74, 6) is -2.73. The Kier molecular flexibility index (Phi) is 5.34. The second-order valence-corrected chi connectivity index (χ2v) is 8.07. The Labute approximate surface area is 198 Å². The number of furan rings is 1. The van der Waals surface area contributed by atoms with Crippen LogP contribution in [0.15, 0.2) is 88.5 Å². The highest BCUT2D eigenvalue weighted by Gasteiger charge is 2.46. The fraction of sp³-hybridized carbons (Fsp3) is 0.0769. The minimum atomic E-state index is -1.25. The van der Waals surface area contributed by atoms with Crippen molar-refractivity contribution in [3.8, 4) is 5.75 Å².